The van der Waals surface area contributed by atoms with Crippen molar-refractivity contribution in [1.29, 1.82) is 0 Å². The molecule has 0 spiro atoms. The first kappa shape index (κ1) is 18.5. The summed E-state index contributed by atoms with van der Waals surface area (Å²) in [5.41, 5.74) is 2.08. The Labute approximate surface area is 159 Å². The van der Waals surface area contributed by atoms with E-state index in [0.717, 1.165) is 23.5 Å². The molecule has 0 fully saturated rings. The molecule has 3 aromatic rings. The first-order chi connectivity index (χ1) is 13.1. The number of carboxylic acid groups (broad SMARTS) is 1. The minimum Gasteiger partial charge on any atom is -0.480 e. The van der Waals surface area contributed by atoms with E-state index in [1.165, 1.54) is 0 Å². The lowest BCUT2D eigenvalue weighted by Gasteiger charge is -2.15. The molecule has 0 aliphatic heterocycles. The highest BCUT2D eigenvalue weighted by Gasteiger charge is 2.18. The molecule has 0 saturated carbocycles. The summed E-state index contributed by atoms with van der Waals surface area (Å²) >= 11 is 0. The Morgan fingerprint density at radius 3 is 2.52 bits per heavy atom. The van der Waals surface area contributed by atoms with Crippen molar-refractivity contribution in [3.8, 4) is 0 Å². The molecule has 0 unspecified atom stereocenters. The Hall–Kier alpha value is -3.34. The highest BCUT2D eigenvalue weighted by atomic mass is 16.4. The molecule has 0 bridgehead atoms. The molecule has 2 heterocycles. The van der Waals surface area contributed by atoms with Crippen molar-refractivity contribution in [2.45, 2.75) is 12.5 Å². The van der Waals surface area contributed by atoms with Crippen LogP contribution in [0.4, 0.5) is 5.82 Å². The summed E-state index contributed by atoms with van der Waals surface area (Å²) in [6.07, 6.45) is 9.96. The average Bonchev–Trinajstić information content (AvgIpc) is 3.22. The van der Waals surface area contributed by atoms with Crippen molar-refractivity contribution in [2.75, 3.05) is 18.5 Å². The largest absolute Gasteiger partial charge is 0.480 e. The topological polar surface area (TPSA) is 58.4 Å². The van der Waals surface area contributed by atoms with Crippen LogP contribution < -0.4 is 4.90 Å². The molecule has 138 valence electrons. The summed E-state index contributed by atoms with van der Waals surface area (Å²) < 4.78 is 1.73. The Morgan fingerprint density at radius 1 is 1.15 bits per heavy atom. The second kappa shape index (κ2) is 8.85. The molecule has 0 radical (unpaired) electrons. The average molecular weight is 361 g/mol. The van der Waals surface area contributed by atoms with Crippen LogP contribution in [0.5, 0.6) is 0 Å². The quantitative estimate of drug-likeness (QED) is 0.661. The number of carboxylic acids is 1. The van der Waals surface area contributed by atoms with Gasteiger partial charge in [-0.1, -0.05) is 42.5 Å². The molecule has 2 aromatic heterocycles. The van der Waals surface area contributed by atoms with Gasteiger partial charge in [0.1, 0.15) is 11.9 Å². The third kappa shape index (κ3) is 5.07. The van der Waals surface area contributed by atoms with E-state index in [4.69, 9.17) is 0 Å². The Bertz CT molecular complexity index is 872. The molecule has 1 N–H and O–H groups in total. The third-order valence-electron chi connectivity index (χ3n) is 4.41. The normalized spacial score (nSPS) is 12.2. The van der Waals surface area contributed by atoms with Crippen molar-refractivity contribution in [1.82, 2.24) is 9.55 Å². The number of hydrogen-bond donors (Lipinski definition) is 1. The number of pyridine rings is 1. The SMILES string of the molecule is CN(CC=Cc1ccc(C[C@@H](C(=O)O)n2cccc2)cc1)c1ccccn1. The summed E-state index contributed by atoms with van der Waals surface area (Å²) in [4.78, 5) is 17.9. The minimum absolute atomic E-state index is 0.455. The van der Waals surface area contributed by atoms with Crippen molar-refractivity contribution in [3.63, 3.8) is 0 Å². The van der Waals surface area contributed by atoms with Gasteiger partial charge in [-0.2, -0.15) is 0 Å². The van der Waals surface area contributed by atoms with E-state index in [9.17, 15) is 9.90 Å². The molecular formula is C22H23N3O2. The lowest BCUT2D eigenvalue weighted by molar-refractivity contribution is -0.140. The first-order valence-corrected chi connectivity index (χ1v) is 8.86. The number of anilines is 1. The zero-order valence-electron chi connectivity index (χ0n) is 15.3. The highest BCUT2D eigenvalue weighted by molar-refractivity contribution is 5.72. The van der Waals surface area contributed by atoms with Gasteiger partial charge < -0.3 is 14.6 Å². The van der Waals surface area contributed by atoms with Crippen LogP contribution in [0.15, 0.2) is 79.3 Å². The number of hydrogen-bond acceptors (Lipinski definition) is 3. The van der Waals surface area contributed by atoms with Crippen molar-refractivity contribution >= 4 is 17.9 Å². The molecule has 0 saturated heterocycles. The Morgan fingerprint density at radius 2 is 1.89 bits per heavy atom. The fourth-order valence-electron chi connectivity index (χ4n) is 2.88. The van der Waals surface area contributed by atoms with E-state index >= 15 is 0 Å². The zero-order valence-corrected chi connectivity index (χ0v) is 15.3. The van der Waals surface area contributed by atoms with Gasteiger partial charge in [0, 0.05) is 38.6 Å². The van der Waals surface area contributed by atoms with Gasteiger partial charge in [0.2, 0.25) is 0 Å². The van der Waals surface area contributed by atoms with Gasteiger partial charge >= 0.3 is 5.97 Å². The second-order valence-corrected chi connectivity index (χ2v) is 6.40. The Kier molecular flexibility index (Phi) is 6.05. The van der Waals surface area contributed by atoms with Gasteiger partial charge in [-0.3, -0.25) is 0 Å². The van der Waals surface area contributed by atoms with Gasteiger partial charge in [0.05, 0.1) is 0 Å². The molecule has 27 heavy (non-hydrogen) atoms. The molecule has 1 aromatic carbocycles. The molecule has 5 heteroatoms. The van der Waals surface area contributed by atoms with Crippen molar-refractivity contribution < 1.29 is 9.90 Å². The summed E-state index contributed by atoms with van der Waals surface area (Å²) in [7, 11) is 2.00. The van der Waals surface area contributed by atoms with E-state index in [1.807, 2.05) is 61.6 Å². The molecule has 3 rings (SSSR count). The fourth-order valence-corrected chi connectivity index (χ4v) is 2.88. The van der Waals surface area contributed by atoms with E-state index < -0.39 is 12.0 Å². The maximum absolute atomic E-state index is 11.5. The van der Waals surface area contributed by atoms with Crippen LogP contribution in [0, 0.1) is 0 Å². The molecule has 0 aliphatic rings. The lowest BCUT2D eigenvalue weighted by Crippen LogP contribution is -2.20. The molecular weight excluding hydrogens is 338 g/mol. The number of rotatable bonds is 8. The standard InChI is InChI=1S/C22H23N3O2/c1-24(21-8-2-3-13-23-21)14-6-7-18-9-11-19(12-10-18)17-20(22(26)27)25-15-4-5-16-25/h2-13,15-16,20H,14,17H2,1H3,(H,26,27)/t20-/m0/s1. The van der Waals surface area contributed by atoms with Crippen LogP contribution in [0.2, 0.25) is 0 Å². The first-order valence-electron chi connectivity index (χ1n) is 8.86. The van der Waals surface area contributed by atoms with Crippen LogP contribution in [-0.2, 0) is 11.2 Å². The van der Waals surface area contributed by atoms with Crippen LogP contribution in [0.25, 0.3) is 6.08 Å². The predicted octanol–water partition coefficient (Wildman–Crippen LogP) is 3.90. The zero-order chi connectivity index (χ0) is 19.1. The number of carbonyl (C=O) groups is 1. The van der Waals surface area contributed by atoms with E-state index in [1.54, 1.807) is 23.2 Å². The van der Waals surface area contributed by atoms with Gasteiger partial charge in [-0.25, -0.2) is 9.78 Å². The van der Waals surface area contributed by atoms with Crippen LogP contribution in [-0.4, -0.2) is 34.2 Å². The lowest BCUT2D eigenvalue weighted by atomic mass is 10.0. The number of nitrogens with zero attached hydrogens (tertiary/aromatic N) is 3. The molecule has 5 nitrogen and oxygen atoms in total. The maximum atomic E-state index is 11.5. The van der Waals surface area contributed by atoms with E-state index in [-0.39, 0.29) is 0 Å². The Balaban J connectivity index is 1.59. The van der Waals surface area contributed by atoms with Gasteiger partial charge in [-0.15, -0.1) is 0 Å². The molecule has 0 aliphatic carbocycles. The van der Waals surface area contributed by atoms with E-state index in [2.05, 4.69) is 22.0 Å². The van der Waals surface area contributed by atoms with Gasteiger partial charge in [0.15, 0.2) is 0 Å². The minimum atomic E-state index is -0.826. The van der Waals surface area contributed by atoms with Crippen molar-refractivity contribution in [3.05, 3.63) is 90.4 Å². The number of aromatic nitrogens is 2. The van der Waals surface area contributed by atoms with E-state index in [0.29, 0.717) is 6.42 Å². The van der Waals surface area contributed by atoms with Crippen molar-refractivity contribution in [2.24, 2.45) is 0 Å². The smallest absolute Gasteiger partial charge is 0.327 e. The number of benzene rings is 1. The molecule has 1 atom stereocenters. The second-order valence-electron chi connectivity index (χ2n) is 6.40. The van der Waals surface area contributed by atoms with Crippen LogP contribution in [0.1, 0.15) is 17.2 Å². The predicted molar refractivity (Wildman–Crippen MR) is 108 cm³/mol. The third-order valence-corrected chi connectivity index (χ3v) is 4.41. The number of aliphatic carboxylic acids is 1. The summed E-state index contributed by atoms with van der Waals surface area (Å²) in [5, 5.41) is 9.48. The summed E-state index contributed by atoms with van der Waals surface area (Å²) in [6, 6.07) is 16.9. The highest BCUT2D eigenvalue weighted by Crippen LogP contribution is 2.16. The fraction of sp³-hybridized carbons (Fsp3) is 0.182. The van der Waals surface area contributed by atoms with Crippen LogP contribution >= 0.6 is 0 Å². The summed E-state index contributed by atoms with van der Waals surface area (Å²) in [5.74, 6) is 0.106. The van der Waals surface area contributed by atoms with Gasteiger partial charge in [0.25, 0.3) is 0 Å². The molecule has 0 amide bonds. The number of likely N-dealkylation sites (N-methyl/N-ethyl adjacent to an activating group) is 1. The van der Waals surface area contributed by atoms with Gasteiger partial charge in [-0.05, 0) is 35.4 Å². The monoisotopic (exact) mass is 361 g/mol. The van der Waals surface area contributed by atoms with Crippen LogP contribution in [0.3, 0.4) is 0 Å². The summed E-state index contributed by atoms with van der Waals surface area (Å²) in [6.45, 7) is 0.757. The maximum Gasteiger partial charge on any atom is 0.327 e.